The molecule has 2 aromatic rings. The molecule has 0 atom stereocenters. The maximum Gasteiger partial charge on any atom is 0.0821 e. The summed E-state index contributed by atoms with van der Waals surface area (Å²) in [7, 11) is 0. The molecule has 1 aliphatic heterocycles. The minimum absolute atomic E-state index is 1.14. The molecule has 1 heterocycles. The van der Waals surface area contributed by atoms with Crippen LogP contribution in [0.3, 0.4) is 0 Å². The lowest BCUT2D eigenvalue weighted by atomic mass is 9.95. The fourth-order valence-corrected chi connectivity index (χ4v) is 4.92. The third-order valence-electron chi connectivity index (χ3n) is 5.79. The second-order valence-corrected chi connectivity index (χ2v) is 8.10. The average molecular weight is 353 g/mol. The van der Waals surface area contributed by atoms with E-state index in [1.54, 1.807) is 0 Å². The summed E-state index contributed by atoms with van der Waals surface area (Å²) in [5.41, 5.74) is 5.57. The topological polar surface area (TPSA) is 0 Å². The molecule has 1 aliphatic rings. The Balaban J connectivity index is 1.96. The van der Waals surface area contributed by atoms with Gasteiger partial charge in [0.05, 0.1) is 26.2 Å². The second kappa shape index (κ2) is 7.80. The van der Waals surface area contributed by atoms with Gasteiger partial charge in [-0.1, -0.05) is 53.7 Å². The van der Waals surface area contributed by atoms with Gasteiger partial charge >= 0.3 is 0 Å². The molecule has 132 valence electrons. The van der Waals surface area contributed by atoms with Crippen molar-refractivity contribution in [3.8, 4) is 0 Å². The van der Waals surface area contributed by atoms with Crippen LogP contribution in [-0.4, -0.2) is 30.7 Å². The van der Waals surface area contributed by atoms with E-state index in [2.05, 4.69) is 76.2 Å². The van der Waals surface area contributed by atoms with Crippen LogP contribution in [0.5, 0.6) is 0 Å². The Kier molecular flexibility index (Phi) is 5.71. The van der Waals surface area contributed by atoms with E-state index in [-0.39, 0.29) is 0 Å². The molecular weight excluding hydrogens is 322 g/mol. The maximum absolute atomic E-state index is 2.49. The van der Waals surface area contributed by atoms with E-state index in [0.717, 1.165) is 6.42 Å². The number of benzene rings is 2. The number of nitrogens with zero attached hydrogens (tertiary/aromatic N) is 1. The van der Waals surface area contributed by atoms with Gasteiger partial charge < -0.3 is 4.48 Å². The van der Waals surface area contributed by atoms with Crippen LogP contribution >= 0.6 is 11.8 Å². The molecule has 0 aromatic heterocycles. The van der Waals surface area contributed by atoms with Crippen LogP contribution in [0.15, 0.2) is 58.3 Å². The van der Waals surface area contributed by atoms with Gasteiger partial charge in [0.25, 0.3) is 0 Å². The zero-order valence-electron chi connectivity index (χ0n) is 16.0. The van der Waals surface area contributed by atoms with Crippen molar-refractivity contribution in [3.63, 3.8) is 0 Å². The number of quaternary nitrogens is 1. The molecule has 0 saturated carbocycles. The summed E-state index contributed by atoms with van der Waals surface area (Å²) >= 11 is 1.90. The smallest absolute Gasteiger partial charge is 0.0821 e. The highest BCUT2D eigenvalue weighted by atomic mass is 32.2. The second-order valence-electron chi connectivity index (χ2n) is 7.02. The lowest BCUT2D eigenvalue weighted by Gasteiger charge is -2.35. The Morgan fingerprint density at radius 2 is 1.56 bits per heavy atom. The zero-order valence-corrected chi connectivity index (χ0v) is 16.8. The summed E-state index contributed by atoms with van der Waals surface area (Å²) in [6.45, 7) is 14.1. The molecule has 0 unspecified atom stereocenters. The molecule has 0 radical (unpaired) electrons. The summed E-state index contributed by atoms with van der Waals surface area (Å²) in [5.74, 6) is 0. The van der Waals surface area contributed by atoms with Gasteiger partial charge in [-0.15, -0.1) is 0 Å². The van der Waals surface area contributed by atoms with Crippen LogP contribution < -0.4 is 0 Å². The molecule has 0 aliphatic carbocycles. The molecule has 0 saturated heterocycles. The summed E-state index contributed by atoms with van der Waals surface area (Å²) in [4.78, 5) is 2.77. The van der Waals surface area contributed by atoms with Crippen LogP contribution in [0.25, 0.3) is 5.57 Å². The number of rotatable bonds is 6. The van der Waals surface area contributed by atoms with Gasteiger partial charge in [-0.2, -0.15) is 0 Å². The SMILES string of the molecule is CC[N+](CC)(CC)CCC=C1c2ccccc2Sc2ccc(C)cc21. The molecule has 2 heteroatoms. The Morgan fingerprint density at radius 3 is 2.28 bits per heavy atom. The van der Waals surface area contributed by atoms with Gasteiger partial charge in [0.1, 0.15) is 0 Å². The molecule has 2 aromatic carbocycles. The Morgan fingerprint density at radius 1 is 0.880 bits per heavy atom. The van der Waals surface area contributed by atoms with Gasteiger partial charge in [-0.3, -0.25) is 0 Å². The minimum atomic E-state index is 1.14. The monoisotopic (exact) mass is 352 g/mol. The fraction of sp³-hybridized carbons (Fsp3) is 0.391. The molecular formula is C23H30NS+. The largest absolute Gasteiger partial charge is 0.324 e. The van der Waals surface area contributed by atoms with Crippen molar-refractivity contribution in [3.05, 3.63) is 65.2 Å². The Labute approximate surface area is 157 Å². The first-order valence-corrected chi connectivity index (χ1v) is 10.4. The number of aryl methyl sites for hydroxylation is 1. The first-order chi connectivity index (χ1) is 12.1. The third-order valence-corrected chi connectivity index (χ3v) is 6.94. The quantitative estimate of drug-likeness (QED) is 0.479. The van der Waals surface area contributed by atoms with E-state index in [1.807, 2.05) is 11.8 Å². The lowest BCUT2D eigenvalue weighted by molar-refractivity contribution is -0.922. The third kappa shape index (κ3) is 3.70. The van der Waals surface area contributed by atoms with Crippen LogP contribution in [0.1, 0.15) is 43.9 Å². The normalized spacial score (nSPS) is 15.1. The van der Waals surface area contributed by atoms with Crippen LogP contribution in [-0.2, 0) is 0 Å². The van der Waals surface area contributed by atoms with Crippen LogP contribution in [0.2, 0.25) is 0 Å². The summed E-state index contributed by atoms with van der Waals surface area (Å²) in [5, 5.41) is 0. The van der Waals surface area contributed by atoms with E-state index in [4.69, 9.17) is 0 Å². The molecule has 0 bridgehead atoms. The summed E-state index contributed by atoms with van der Waals surface area (Å²) in [6.07, 6.45) is 3.63. The average Bonchev–Trinajstić information content (AvgIpc) is 2.65. The van der Waals surface area contributed by atoms with Gasteiger partial charge in [0.2, 0.25) is 0 Å². The van der Waals surface area contributed by atoms with Crippen molar-refractivity contribution in [1.29, 1.82) is 0 Å². The van der Waals surface area contributed by atoms with E-state index in [1.165, 1.54) is 62.7 Å². The number of hydrogen-bond donors (Lipinski definition) is 0. The summed E-state index contributed by atoms with van der Waals surface area (Å²) in [6, 6.07) is 15.7. The maximum atomic E-state index is 2.49. The van der Waals surface area contributed by atoms with Gasteiger partial charge in [-0.25, -0.2) is 0 Å². The number of fused-ring (bicyclic) bond motifs is 2. The lowest BCUT2D eigenvalue weighted by Crippen LogP contribution is -2.48. The van der Waals surface area contributed by atoms with Crippen molar-refractivity contribution in [1.82, 2.24) is 0 Å². The van der Waals surface area contributed by atoms with Gasteiger partial charge in [-0.05, 0) is 56.5 Å². The van der Waals surface area contributed by atoms with E-state index >= 15 is 0 Å². The van der Waals surface area contributed by atoms with Crippen molar-refractivity contribution in [2.75, 3.05) is 26.2 Å². The molecule has 0 N–H and O–H groups in total. The van der Waals surface area contributed by atoms with Crippen LogP contribution in [0, 0.1) is 6.92 Å². The molecule has 25 heavy (non-hydrogen) atoms. The van der Waals surface area contributed by atoms with Crippen LogP contribution in [0.4, 0.5) is 0 Å². The van der Waals surface area contributed by atoms with Gasteiger partial charge in [0, 0.05) is 16.2 Å². The van der Waals surface area contributed by atoms with Crippen molar-refractivity contribution in [2.45, 2.75) is 43.9 Å². The molecule has 0 spiro atoms. The van der Waals surface area contributed by atoms with Gasteiger partial charge in [0.15, 0.2) is 0 Å². The van der Waals surface area contributed by atoms with Crippen molar-refractivity contribution < 1.29 is 4.48 Å². The highest BCUT2D eigenvalue weighted by Crippen LogP contribution is 2.45. The predicted molar refractivity (Wildman–Crippen MR) is 110 cm³/mol. The minimum Gasteiger partial charge on any atom is -0.324 e. The summed E-state index contributed by atoms with van der Waals surface area (Å²) < 4.78 is 1.21. The zero-order chi connectivity index (χ0) is 17.9. The molecule has 1 nitrogen and oxygen atoms in total. The van der Waals surface area contributed by atoms with Crippen molar-refractivity contribution >= 4 is 17.3 Å². The number of hydrogen-bond acceptors (Lipinski definition) is 1. The van der Waals surface area contributed by atoms with Crippen molar-refractivity contribution in [2.24, 2.45) is 0 Å². The molecule has 0 amide bonds. The van der Waals surface area contributed by atoms with E-state index in [0.29, 0.717) is 0 Å². The fourth-order valence-electron chi connectivity index (χ4n) is 3.83. The first kappa shape index (κ1) is 18.3. The Bertz CT molecular complexity index is 763. The first-order valence-electron chi connectivity index (χ1n) is 9.56. The molecule has 3 rings (SSSR count). The van der Waals surface area contributed by atoms with E-state index in [9.17, 15) is 0 Å². The highest BCUT2D eigenvalue weighted by molar-refractivity contribution is 7.99. The standard InChI is InChI=1S/C23H30NS/c1-5-24(6-2,7-3)16-10-12-19-20-11-8-9-13-22(20)25-23-15-14-18(4)17-21(19)23/h8-9,11-15,17H,5-7,10,16H2,1-4H3/q+1. The predicted octanol–water partition coefficient (Wildman–Crippen LogP) is 6.16. The highest BCUT2D eigenvalue weighted by Gasteiger charge is 2.22. The Hall–Kier alpha value is -1.51. The van der Waals surface area contributed by atoms with E-state index < -0.39 is 0 Å². The molecule has 0 fully saturated rings.